The van der Waals surface area contributed by atoms with E-state index in [0.29, 0.717) is 5.89 Å². The van der Waals surface area contributed by atoms with Crippen LogP contribution in [0.3, 0.4) is 0 Å². The molecule has 2 heterocycles. The molecule has 5 heteroatoms. The highest BCUT2D eigenvalue weighted by molar-refractivity contribution is 5.67. The quantitative estimate of drug-likeness (QED) is 0.845. The Labute approximate surface area is 137 Å². The van der Waals surface area contributed by atoms with Crippen molar-refractivity contribution in [2.45, 2.75) is 32.7 Å². The molecule has 0 aliphatic carbocycles. The molecule has 0 radical (unpaired) electrons. The van der Waals surface area contributed by atoms with Gasteiger partial charge in [-0.25, -0.2) is 0 Å². The minimum absolute atomic E-state index is 0.144. The van der Waals surface area contributed by atoms with Crippen LogP contribution in [0.2, 0.25) is 0 Å². The van der Waals surface area contributed by atoms with Gasteiger partial charge in [0.05, 0.1) is 13.2 Å². The summed E-state index contributed by atoms with van der Waals surface area (Å²) in [5.74, 6) is 2.38. The number of nitrogens with zero attached hydrogens (tertiary/aromatic N) is 3. The molecule has 5 nitrogen and oxygen atoms in total. The highest BCUT2D eigenvalue weighted by Crippen LogP contribution is 2.28. The lowest BCUT2D eigenvalue weighted by molar-refractivity contribution is 0.189. The molecule has 2 aromatic rings. The SMILES string of the molecule is CCc1noc(C(C)N2CC=C(c3cccc(OC)c3)CC2)n1. The van der Waals surface area contributed by atoms with Crippen LogP contribution in [0.5, 0.6) is 5.75 Å². The Morgan fingerprint density at radius 1 is 1.39 bits per heavy atom. The molecule has 1 aromatic heterocycles. The molecule has 0 fully saturated rings. The van der Waals surface area contributed by atoms with Crippen molar-refractivity contribution in [2.24, 2.45) is 0 Å². The molecule has 122 valence electrons. The Bertz CT molecular complexity index is 693. The van der Waals surface area contributed by atoms with Crippen LogP contribution < -0.4 is 4.74 Å². The molecule has 1 aromatic carbocycles. The standard InChI is InChI=1S/C18H23N3O2/c1-4-17-19-18(23-20-17)13(2)21-10-8-14(9-11-21)15-6-5-7-16(12-15)22-3/h5-8,12-13H,4,9-11H2,1-3H3. The minimum Gasteiger partial charge on any atom is -0.497 e. The lowest BCUT2D eigenvalue weighted by Crippen LogP contribution is -2.31. The maximum absolute atomic E-state index is 5.37. The van der Waals surface area contributed by atoms with Crippen LogP contribution in [0.15, 0.2) is 34.9 Å². The number of hydrogen-bond acceptors (Lipinski definition) is 5. The predicted molar refractivity (Wildman–Crippen MR) is 89.3 cm³/mol. The van der Waals surface area contributed by atoms with Gasteiger partial charge in [0.25, 0.3) is 0 Å². The molecule has 1 aliphatic heterocycles. The fraction of sp³-hybridized carbons (Fsp3) is 0.444. The fourth-order valence-electron chi connectivity index (χ4n) is 2.86. The predicted octanol–water partition coefficient (Wildman–Crippen LogP) is 3.49. The maximum Gasteiger partial charge on any atom is 0.243 e. The van der Waals surface area contributed by atoms with Gasteiger partial charge in [0.15, 0.2) is 5.82 Å². The molecule has 0 spiro atoms. The second-order valence-corrected chi connectivity index (χ2v) is 5.78. The minimum atomic E-state index is 0.144. The van der Waals surface area contributed by atoms with Crippen LogP contribution in [0.4, 0.5) is 0 Å². The van der Waals surface area contributed by atoms with Crippen LogP contribution in [0.1, 0.15) is 43.6 Å². The smallest absolute Gasteiger partial charge is 0.243 e. The van der Waals surface area contributed by atoms with Crippen molar-refractivity contribution in [3.05, 3.63) is 47.6 Å². The molecule has 0 saturated heterocycles. The average molecular weight is 313 g/mol. The van der Waals surface area contributed by atoms with Crippen molar-refractivity contribution >= 4 is 5.57 Å². The van der Waals surface area contributed by atoms with Crippen molar-refractivity contribution in [1.82, 2.24) is 15.0 Å². The van der Waals surface area contributed by atoms with Gasteiger partial charge in [0.1, 0.15) is 5.75 Å². The Hall–Kier alpha value is -2.14. The molecule has 0 N–H and O–H groups in total. The molecule has 0 saturated carbocycles. The van der Waals surface area contributed by atoms with Crippen LogP contribution in [-0.4, -0.2) is 35.2 Å². The summed E-state index contributed by atoms with van der Waals surface area (Å²) in [6, 6.07) is 8.39. The van der Waals surface area contributed by atoms with Crippen molar-refractivity contribution in [1.29, 1.82) is 0 Å². The Kier molecular flexibility index (Phi) is 4.76. The van der Waals surface area contributed by atoms with Gasteiger partial charge in [-0.05, 0) is 36.6 Å². The third-order valence-corrected chi connectivity index (χ3v) is 4.39. The van der Waals surface area contributed by atoms with Crippen molar-refractivity contribution in [3.8, 4) is 5.75 Å². The van der Waals surface area contributed by atoms with Crippen LogP contribution in [0.25, 0.3) is 5.57 Å². The first kappa shape index (κ1) is 15.7. The van der Waals surface area contributed by atoms with E-state index in [-0.39, 0.29) is 6.04 Å². The number of methoxy groups -OCH3 is 1. The first-order chi connectivity index (χ1) is 11.2. The summed E-state index contributed by atoms with van der Waals surface area (Å²) in [4.78, 5) is 6.80. The zero-order chi connectivity index (χ0) is 16.2. The van der Waals surface area contributed by atoms with Gasteiger partial charge >= 0.3 is 0 Å². The van der Waals surface area contributed by atoms with Gasteiger partial charge in [-0.15, -0.1) is 0 Å². The highest BCUT2D eigenvalue weighted by Gasteiger charge is 2.23. The monoisotopic (exact) mass is 313 g/mol. The van der Waals surface area contributed by atoms with Crippen LogP contribution >= 0.6 is 0 Å². The molecule has 0 amide bonds. The number of benzene rings is 1. The third kappa shape index (κ3) is 3.45. The number of rotatable bonds is 5. The number of aryl methyl sites for hydroxylation is 1. The molecule has 1 unspecified atom stereocenters. The van der Waals surface area contributed by atoms with Gasteiger partial charge in [-0.1, -0.05) is 30.3 Å². The second-order valence-electron chi connectivity index (χ2n) is 5.78. The van der Waals surface area contributed by atoms with Gasteiger partial charge < -0.3 is 9.26 Å². The molecule has 3 rings (SSSR count). The van der Waals surface area contributed by atoms with Crippen molar-refractivity contribution < 1.29 is 9.26 Å². The molecule has 23 heavy (non-hydrogen) atoms. The molecular weight excluding hydrogens is 290 g/mol. The summed E-state index contributed by atoms with van der Waals surface area (Å²) in [6.07, 6.45) is 4.09. The highest BCUT2D eigenvalue weighted by atomic mass is 16.5. The first-order valence-corrected chi connectivity index (χ1v) is 8.11. The van der Waals surface area contributed by atoms with Crippen molar-refractivity contribution in [3.63, 3.8) is 0 Å². The number of ether oxygens (including phenoxy) is 1. The summed E-state index contributed by atoms with van der Waals surface area (Å²) in [5, 5.41) is 3.99. The van der Waals surface area contributed by atoms with Gasteiger partial charge in [0, 0.05) is 19.5 Å². The molecule has 0 bridgehead atoms. The largest absolute Gasteiger partial charge is 0.497 e. The second kappa shape index (κ2) is 6.96. The van der Waals surface area contributed by atoms with E-state index in [0.717, 1.165) is 37.5 Å². The zero-order valence-corrected chi connectivity index (χ0v) is 14.0. The summed E-state index contributed by atoms with van der Waals surface area (Å²) in [5.41, 5.74) is 2.61. The fourth-order valence-corrected chi connectivity index (χ4v) is 2.86. The molecule has 1 aliphatic rings. The normalized spacial score (nSPS) is 16.9. The van der Waals surface area contributed by atoms with E-state index in [1.165, 1.54) is 11.1 Å². The summed E-state index contributed by atoms with van der Waals surface area (Å²) >= 11 is 0. The lowest BCUT2D eigenvalue weighted by atomic mass is 9.98. The van der Waals surface area contributed by atoms with Gasteiger partial charge in [-0.3, -0.25) is 4.90 Å². The van der Waals surface area contributed by atoms with E-state index >= 15 is 0 Å². The lowest BCUT2D eigenvalue weighted by Gasteiger charge is -2.29. The van der Waals surface area contributed by atoms with Crippen LogP contribution in [0, 0.1) is 0 Å². The maximum atomic E-state index is 5.37. The van der Waals surface area contributed by atoms with Crippen LogP contribution in [-0.2, 0) is 6.42 Å². The topological polar surface area (TPSA) is 51.4 Å². The third-order valence-electron chi connectivity index (χ3n) is 4.39. The Balaban J connectivity index is 1.69. The Morgan fingerprint density at radius 2 is 2.26 bits per heavy atom. The summed E-state index contributed by atoms with van der Waals surface area (Å²) in [6.45, 7) is 6.02. The number of hydrogen-bond donors (Lipinski definition) is 0. The van der Waals surface area contributed by atoms with E-state index in [1.807, 2.05) is 19.1 Å². The van der Waals surface area contributed by atoms with Gasteiger partial charge in [-0.2, -0.15) is 4.98 Å². The molecule has 1 atom stereocenters. The van der Waals surface area contributed by atoms with E-state index < -0.39 is 0 Å². The van der Waals surface area contributed by atoms with Gasteiger partial charge in [0.2, 0.25) is 5.89 Å². The first-order valence-electron chi connectivity index (χ1n) is 8.11. The number of aromatic nitrogens is 2. The van der Waals surface area contributed by atoms with E-state index in [2.05, 4.69) is 40.2 Å². The zero-order valence-electron chi connectivity index (χ0n) is 14.0. The summed E-state index contributed by atoms with van der Waals surface area (Å²) < 4.78 is 10.7. The molecular formula is C18H23N3O2. The van der Waals surface area contributed by atoms with E-state index in [9.17, 15) is 0 Å². The average Bonchev–Trinajstić information content (AvgIpc) is 3.10. The van der Waals surface area contributed by atoms with E-state index in [4.69, 9.17) is 9.26 Å². The van der Waals surface area contributed by atoms with E-state index in [1.54, 1.807) is 7.11 Å². The summed E-state index contributed by atoms with van der Waals surface area (Å²) in [7, 11) is 1.70. The van der Waals surface area contributed by atoms with Crippen molar-refractivity contribution in [2.75, 3.05) is 20.2 Å². The Morgan fingerprint density at radius 3 is 2.91 bits per heavy atom.